The number of hydrogen-bond acceptors (Lipinski definition) is 4. The Morgan fingerprint density at radius 3 is 2.70 bits per heavy atom. The molecule has 1 fully saturated rings. The van der Waals surface area contributed by atoms with E-state index in [1.165, 1.54) is 0 Å². The van der Waals surface area contributed by atoms with Gasteiger partial charge in [0.15, 0.2) is 0 Å². The second-order valence-electron chi connectivity index (χ2n) is 6.09. The molecule has 1 aromatic heterocycles. The Morgan fingerprint density at radius 1 is 1.30 bits per heavy atom. The summed E-state index contributed by atoms with van der Waals surface area (Å²) in [5.74, 6) is 0. The van der Waals surface area contributed by atoms with Crippen LogP contribution in [0.5, 0.6) is 0 Å². The van der Waals surface area contributed by atoms with Gasteiger partial charge in [-0.25, -0.2) is 0 Å². The molecule has 1 saturated carbocycles. The Kier molecular flexibility index (Phi) is 4.86. The topological polar surface area (TPSA) is 46.2 Å². The van der Waals surface area contributed by atoms with Gasteiger partial charge in [-0.15, -0.1) is 0 Å². The van der Waals surface area contributed by atoms with Crippen LogP contribution in [0.15, 0.2) is 18.5 Å². The standard InChI is InChI=1S/C16H27N3O/c1-5-7-18-12-8-13(11-17-10-12)19-14-9-15(20-6-2)16(14,3)4/h8,10-11,14-15,18-19H,5-7,9H2,1-4H3. The van der Waals surface area contributed by atoms with Crippen LogP contribution < -0.4 is 10.6 Å². The lowest BCUT2D eigenvalue weighted by Gasteiger charge is -2.52. The molecule has 0 aliphatic heterocycles. The van der Waals surface area contributed by atoms with Crippen LogP contribution in [0.1, 0.15) is 40.5 Å². The van der Waals surface area contributed by atoms with E-state index in [-0.39, 0.29) is 5.41 Å². The van der Waals surface area contributed by atoms with Crippen molar-refractivity contribution in [3.63, 3.8) is 0 Å². The minimum absolute atomic E-state index is 0.170. The molecule has 2 atom stereocenters. The van der Waals surface area contributed by atoms with E-state index in [0.717, 1.165) is 37.4 Å². The van der Waals surface area contributed by atoms with Crippen LogP contribution in [0.4, 0.5) is 11.4 Å². The van der Waals surface area contributed by atoms with Gasteiger partial charge in [0.2, 0.25) is 0 Å². The number of nitrogens with zero attached hydrogens (tertiary/aromatic N) is 1. The van der Waals surface area contributed by atoms with E-state index in [1.54, 1.807) is 0 Å². The molecule has 2 rings (SSSR count). The lowest BCUT2D eigenvalue weighted by atomic mass is 9.64. The fourth-order valence-corrected chi connectivity index (χ4v) is 2.70. The lowest BCUT2D eigenvalue weighted by Crippen LogP contribution is -2.58. The predicted octanol–water partition coefficient (Wildman–Crippen LogP) is 3.52. The van der Waals surface area contributed by atoms with Gasteiger partial charge < -0.3 is 15.4 Å². The first-order valence-corrected chi connectivity index (χ1v) is 7.65. The lowest BCUT2D eigenvalue weighted by molar-refractivity contribution is -0.0976. The molecule has 0 aromatic carbocycles. The first-order chi connectivity index (χ1) is 9.57. The average molecular weight is 277 g/mol. The molecule has 2 unspecified atom stereocenters. The van der Waals surface area contributed by atoms with E-state index in [9.17, 15) is 0 Å². The van der Waals surface area contributed by atoms with E-state index in [0.29, 0.717) is 12.1 Å². The van der Waals surface area contributed by atoms with Crippen LogP contribution >= 0.6 is 0 Å². The van der Waals surface area contributed by atoms with Crippen LogP contribution in [0.25, 0.3) is 0 Å². The third kappa shape index (κ3) is 3.23. The number of rotatable bonds is 7. The molecule has 2 N–H and O–H groups in total. The van der Waals surface area contributed by atoms with Crippen LogP contribution in [0, 0.1) is 5.41 Å². The number of anilines is 2. The second-order valence-corrected chi connectivity index (χ2v) is 6.09. The van der Waals surface area contributed by atoms with Crippen LogP contribution in [0.2, 0.25) is 0 Å². The first kappa shape index (κ1) is 15.1. The Bertz CT molecular complexity index is 433. The summed E-state index contributed by atoms with van der Waals surface area (Å²) in [7, 11) is 0. The van der Waals surface area contributed by atoms with Crippen molar-refractivity contribution in [3.05, 3.63) is 18.5 Å². The van der Waals surface area contributed by atoms with Crippen LogP contribution in [-0.2, 0) is 4.74 Å². The van der Waals surface area contributed by atoms with Crippen molar-refractivity contribution in [1.29, 1.82) is 0 Å². The predicted molar refractivity (Wildman–Crippen MR) is 84.2 cm³/mol. The molecule has 0 amide bonds. The van der Waals surface area contributed by atoms with E-state index >= 15 is 0 Å². The van der Waals surface area contributed by atoms with Gasteiger partial charge in [0.25, 0.3) is 0 Å². The molecule has 0 saturated heterocycles. The SMILES string of the molecule is CCCNc1cncc(NC2CC(OCC)C2(C)C)c1. The van der Waals surface area contributed by atoms with Crippen molar-refractivity contribution in [2.75, 3.05) is 23.8 Å². The average Bonchev–Trinajstić information content (AvgIpc) is 2.44. The molecule has 1 aliphatic carbocycles. The van der Waals surface area contributed by atoms with Gasteiger partial charge in [-0.1, -0.05) is 20.8 Å². The Labute approximate surface area is 122 Å². The van der Waals surface area contributed by atoms with Gasteiger partial charge in [0, 0.05) is 24.6 Å². The third-order valence-electron chi connectivity index (χ3n) is 4.20. The summed E-state index contributed by atoms with van der Waals surface area (Å²) in [6.45, 7) is 10.5. The largest absolute Gasteiger partial charge is 0.384 e. The highest BCUT2D eigenvalue weighted by Gasteiger charge is 2.48. The van der Waals surface area contributed by atoms with E-state index in [1.807, 2.05) is 12.4 Å². The molecule has 1 aliphatic rings. The van der Waals surface area contributed by atoms with Gasteiger partial charge >= 0.3 is 0 Å². The molecule has 0 spiro atoms. The fourth-order valence-electron chi connectivity index (χ4n) is 2.70. The quantitative estimate of drug-likeness (QED) is 0.800. The Morgan fingerprint density at radius 2 is 2.05 bits per heavy atom. The van der Waals surface area contributed by atoms with Crippen molar-refractivity contribution in [2.45, 2.75) is 52.7 Å². The summed E-state index contributed by atoms with van der Waals surface area (Å²) in [6, 6.07) is 2.58. The minimum atomic E-state index is 0.170. The highest BCUT2D eigenvalue weighted by Crippen LogP contribution is 2.44. The van der Waals surface area contributed by atoms with Gasteiger partial charge in [-0.3, -0.25) is 4.98 Å². The van der Waals surface area contributed by atoms with Gasteiger partial charge in [-0.2, -0.15) is 0 Å². The van der Waals surface area contributed by atoms with E-state index < -0.39 is 0 Å². The number of hydrogen-bond donors (Lipinski definition) is 2. The van der Waals surface area contributed by atoms with Crippen molar-refractivity contribution < 1.29 is 4.74 Å². The summed E-state index contributed by atoms with van der Waals surface area (Å²) in [5, 5.41) is 6.96. The zero-order valence-corrected chi connectivity index (χ0v) is 13.1. The summed E-state index contributed by atoms with van der Waals surface area (Å²) in [5.41, 5.74) is 2.33. The molecule has 4 heteroatoms. The third-order valence-corrected chi connectivity index (χ3v) is 4.20. The van der Waals surface area contributed by atoms with Crippen molar-refractivity contribution >= 4 is 11.4 Å². The maximum atomic E-state index is 5.77. The summed E-state index contributed by atoms with van der Waals surface area (Å²) >= 11 is 0. The molecular formula is C16H27N3O. The molecular weight excluding hydrogens is 250 g/mol. The summed E-state index contributed by atoms with van der Waals surface area (Å²) < 4.78 is 5.77. The first-order valence-electron chi connectivity index (χ1n) is 7.65. The van der Waals surface area contributed by atoms with E-state index in [4.69, 9.17) is 4.74 Å². The number of aromatic nitrogens is 1. The van der Waals surface area contributed by atoms with E-state index in [2.05, 4.69) is 49.4 Å². The number of pyridine rings is 1. The minimum Gasteiger partial charge on any atom is -0.384 e. The van der Waals surface area contributed by atoms with Gasteiger partial charge in [0.05, 0.1) is 29.9 Å². The van der Waals surface area contributed by atoms with Crippen molar-refractivity contribution in [1.82, 2.24) is 4.98 Å². The highest BCUT2D eigenvalue weighted by atomic mass is 16.5. The van der Waals surface area contributed by atoms with Crippen LogP contribution in [0.3, 0.4) is 0 Å². The maximum Gasteiger partial charge on any atom is 0.0665 e. The molecule has 0 radical (unpaired) electrons. The summed E-state index contributed by atoms with van der Waals surface area (Å²) in [6.07, 6.45) is 6.30. The molecule has 112 valence electrons. The molecule has 1 heterocycles. The van der Waals surface area contributed by atoms with Gasteiger partial charge in [0.1, 0.15) is 0 Å². The van der Waals surface area contributed by atoms with Crippen LogP contribution in [-0.4, -0.2) is 30.3 Å². The smallest absolute Gasteiger partial charge is 0.0665 e. The zero-order valence-electron chi connectivity index (χ0n) is 13.1. The zero-order chi connectivity index (χ0) is 14.6. The Balaban J connectivity index is 1.94. The van der Waals surface area contributed by atoms with Crippen molar-refractivity contribution in [2.24, 2.45) is 5.41 Å². The highest BCUT2D eigenvalue weighted by molar-refractivity contribution is 5.54. The van der Waals surface area contributed by atoms with Gasteiger partial charge in [-0.05, 0) is 25.8 Å². The molecule has 0 bridgehead atoms. The number of ether oxygens (including phenoxy) is 1. The monoisotopic (exact) mass is 277 g/mol. The normalized spacial score (nSPS) is 24.0. The number of nitrogens with one attached hydrogen (secondary N) is 2. The summed E-state index contributed by atoms with van der Waals surface area (Å²) in [4.78, 5) is 4.30. The molecule has 1 aromatic rings. The molecule has 20 heavy (non-hydrogen) atoms. The Hall–Kier alpha value is -1.29. The fraction of sp³-hybridized carbons (Fsp3) is 0.688. The van der Waals surface area contributed by atoms with Crippen molar-refractivity contribution in [3.8, 4) is 0 Å². The maximum absolute atomic E-state index is 5.77. The second kappa shape index (κ2) is 6.44. The molecule has 4 nitrogen and oxygen atoms in total.